The maximum atomic E-state index is 7.21. The fourth-order valence-corrected chi connectivity index (χ4v) is 8.99. The molecule has 0 saturated carbocycles. The Hall–Kier alpha value is -6.78. The van der Waals surface area contributed by atoms with E-state index < -0.39 is 0 Å². The normalized spacial score (nSPS) is 12.3. The Morgan fingerprint density at radius 3 is 1.37 bits per heavy atom. The van der Waals surface area contributed by atoms with Gasteiger partial charge < -0.3 is 18.6 Å². The molecule has 0 saturated heterocycles. The summed E-state index contributed by atoms with van der Waals surface area (Å²) in [4.78, 5) is 4.73. The molecule has 0 aliphatic carbocycles. The van der Waals surface area contributed by atoms with Crippen molar-refractivity contribution >= 4 is 88.8 Å². The van der Waals surface area contributed by atoms with E-state index in [1.165, 1.54) is 16.7 Å². The summed E-state index contributed by atoms with van der Waals surface area (Å²) in [7, 11) is 0. The smallest absolute Gasteiger partial charge is 0.160 e. The summed E-state index contributed by atoms with van der Waals surface area (Å²) >= 11 is 0. The molecule has 8 aromatic carbocycles. The van der Waals surface area contributed by atoms with Gasteiger partial charge in [-0.05, 0) is 94.8 Å². The van der Waals surface area contributed by atoms with Crippen LogP contribution in [-0.4, -0.2) is 0 Å². The van der Waals surface area contributed by atoms with E-state index in [4.69, 9.17) is 8.83 Å². The first kappa shape index (κ1) is 37.5. The summed E-state index contributed by atoms with van der Waals surface area (Å²) in [5.74, 6) is 0. The number of nitrogens with zero attached hydrogens (tertiary/aromatic N) is 2. The second-order valence-electron chi connectivity index (χ2n) is 18.3. The van der Waals surface area contributed by atoms with Crippen molar-refractivity contribution in [2.75, 3.05) is 9.80 Å². The van der Waals surface area contributed by atoms with Gasteiger partial charge in [0.1, 0.15) is 16.7 Å². The first-order chi connectivity index (χ1) is 28.9. The van der Waals surface area contributed by atoms with E-state index in [9.17, 15) is 0 Å². The van der Waals surface area contributed by atoms with Crippen LogP contribution in [0.15, 0.2) is 167 Å². The average molecular weight is 783 g/mol. The van der Waals surface area contributed by atoms with Gasteiger partial charge in [0.15, 0.2) is 5.58 Å². The van der Waals surface area contributed by atoms with E-state index in [1.54, 1.807) is 0 Å². The molecular formula is C56H50N2O2. The van der Waals surface area contributed by atoms with Crippen LogP contribution >= 0.6 is 0 Å². The van der Waals surface area contributed by atoms with E-state index in [0.29, 0.717) is 0 Å². The third-order valence-corrected chi connectivity index (χ3v) is 12.2. The molecule has 0 spiro atoms. The van der Waals surface area contributed by atoms with E-state index in [-0.39, 0.29) is 10.8 Å². The highest BCUT2D eigenvalue weighted by Crippen LogP contribution is 2.51. The second kappa shape index (κ2) is 13.9. The molecule has 0 amide bonds. The first-order valence-corrected chi connectivity index (χ1v) is 21.0. The number of anilines is 6. The summed E-state index contributed by atoms with van der Waals surface area (Å²) < 4.78 is 14.2. The summed E-state index contributed by atoms with van der Waals surface area (Å²) in [5.41, 5.74) is 14.6. The van der Waals surface area contributed by atoms with Gasteiger partial charge in [0.05, 0.1) is 11.4 Å². The molecule has 2 aromatic heterocycles. The summed E-state index contributed by atoms with van der Waals surface area (Å²) in [6, 6.07) is 56.8. The van der Waals surface area contributed by atoms with Crippen LogP contribution in [0.2, 0.25) is 0 Å². The molecule has 0 radical (unpaired) electrons. The van der Waals surface area contributed by atoms with Crippen molar-refractivity contribution in [3.63, 3.8) is 0 Å². The molecule has 296 valence electrons. The number of hydrogen-bond acceptors (Lipinski definition) is 4. The molecule has 0 aliphatic rings. The largest absolute Gasteiger partial charge is 0.456 e. The molecule has 60 heavy (non-hydrogen) atoms. The van der Waals surface area contributed by atoms with Crippen molar-refractivity contribution in [3.8, 4) is 0 Å². The van der Waals surface area contributed by atoms with E-state index in [1.807, 2.05) is 0 Å². The fraction of sp³-hybridized carbons (Fsp3) is 0.179. The van der Waals surface area contributed by atoms with Crippen LogP contribution in [0.4, 0.5) is 34.1 Å². The lowest BCUT2D eigenvalue weighted by Gasteiger charge is -2.29. The molecule has 0 fully saturated rings. The standard InChI is InChI=1S/C56H50N2O2/c1-35-17-9-14-22-44(35)57(39-29-25-37(26-30-39)55(3,4)5)46-33-49-51(42-20-12-11-19-41(42)46)53-50(59-49)34-47(54-52(53)43-21-13-16-24-48(43)60-54)58(45-23-15-10-18-36(45)2)40-31-27-38(28-32-40)56(6,7)8/h9-34H,1-8H3. The van der Waals surface area contributed by atoms with Crippen molar-refractivity contribution in [2.45, 2.75) is 66.2 Å². The molecule has 0 atom stereocenters. The third-order valence-electron chi connectivity index (χ3n) is 12.2. The van der Waals surface area contributed by atoms with Crippen LogP contribution in [0.1, 0.15) is 63.8 Å². The van der Waals surface area contributed by atoms with Gasteiger partial charge in [0.25, 0.3) is 0 Å². The number of fused-ring (bicyclic) bond motifs is 9. The lowest BCUT2D eigenvalue weighted by Crippen LogP contribution is -2.14. The minimum absolute atomic E-state index is 0.0253. The molecule has 4 heteroatoms. The van der Waals surface area contributed by atoms with Crippen LogP contribution in [0, 0.1) is 13.8 Å². The Kier molecular flexibility index (Phi) is 8.69. The predicted octanol–water partition coefficient (Wildman–Crippen LogP) is 16.8. The highest BCUT2D eigenvalue weighted by molar-refractivity contribution is 6.33. The van der Waals surface area contributed by atoms with Gasteiger partial charge in [-0.1, -0.05) is 145 Å². The third kappa shape index (κ3) is 6.13. The Morgan fingerprint density at radius 2 is 0.817 bits per heavy atom. The first-order valence-electron chi connectivity index (χ1n) is 21.0. The molecule has 0 unspecified atom stereocenters. The van der Waals surface area contributed by atoms with Gasteiger partial charge in [-0.2, -0.15) is 0 Å². The lowest BCUT2D eigenvalue weighted by molar-refractivity contribution is 0.590. The zero-order valence-electron chi connectivity index (χ0n) is 35.7. The van der Waals surface area contributed by atoms with Crippen LogP contribution in [-0.2, 0) is 10.8 Å². The summed E-state index contributed by atoms with van der Waals surface area (Å²) in [6.07, 6.45) is 0. The Balaban J connectivity index is 1.30. The number of furan rings is 2. The monoisotopic (exact) mass is 782 g/mol. The van der Waals surface area contributed by atoms with Gasteiger partial charge in [0.2, 0.25) is 0 Å². The van der Waals surface area contributed by atoms with Crippen molar-refractivity contribution in [3.05, 3.63) is 180 Å². The topological polar surface area (TPSA) is 32.8 Å². The minimum Gasteiger partial charge on any atom is -0.456 e. The Morgan fingerprint density at radius 1 is 0.367 bits per heavy atom. The predicted molar refractivity (Wildman–Crippen MR) is 255 cm³/mol. The quantitative estimate of drug-likeness (QED) is 0.168. The average Bonchev–Trinajstić information content (AvgIpc) is 3.81. The molecular weight excluding hydrogens is 733 g/mol. The number of para-hydroxylation sites is 3. The number of hydrogen-bond donors (Lipinski definition) is 0. The van der Waals surface area contributed by atoms with Crippen LogP contribution < -0.4 is 9.80 Å². The van der Waals surface area contributed by atoms with Gasteiger partial charge in [-0.25, -0.2) is 0 Å². The van der Waals surface area contributed by atoms with Crippen molar-refractivity contribution in [1.82, 2.24) is 0 Å². The fourth-order valence-electron chi connectivity index (χ4n) is 8.99. The second-order valence-corrected chi connectivity index (χ2v) is 18.3. The Labute approximate surface area is 352 Å². The number of benzene rings is 8. The number of aryl methyl sites for hydroxylation is 2. The summed E-state index contributed by atoms with van der Waals surface area (Å²) in [6.45, 7) is 17.9. The summed E-state index contributed by atoms with van der Waals surface area (Å²) in [5, 5.41) is 6.51. The van der Waals surface area contributed by atoms with E-state index in [0.717, 1.165) is 94.3 Å². The highest BCUT2D eigenvalue weighted by Gasteiger charge is 2.28. The zero-order valence-corrected chi connectivity index (χ0v) is 35.7. The molecule has 0 bridgehead atoms. The maximum Gasteiger partial charge on any atom is 0.160 e. The molecule has 2 heterocycles. The van der Waals surface area contributed by atoms with Gasteiger partial charge in [-0.15, -0.1) is 0 Å². The molecule has 4 nitrogen and oxygen atoms in total. The Bertz CT molecular complexity index is 3240. The molecule has 0 N–H and O–H groups in total. The van der Waals surface area contributed by atoms with Crippen molar-refractivity contribution < 1.29 is 8.83 Å². The van der Waals surface area contributed by atoms with Crippen molar-refractivity contribution in [2.24, 2.45) is 0 Å². The maximum absolute atomic E-state index is 7.21. The molecule has 10 rings (SSSR count). The van der Waals surface area contributed by atoms with Gasteiger partial charge in [0, 0.05) is 61.8 Å². The number of rotatable bonds is 6. The molecule has 0 aliphatic heterocycles. The van der Waals surface area contributed by atoms with Gasteiger partial charge in [-0.3, -0.25) is 0 Å². The SMILES string of the molecule is Cc1ccccc1N(c1ccc(C(C)(C)C)cc1)c1cc2oc3cc(N(c4ccc(C(C)(C)C)cc4)c4ccccc4C)c4oc5ccccc5c4c3c2c2ccccc12. The van der Waals surface area contributed by atoms with Crippen molar-refractivity contribution in [1.29, 1.82) is 0 Å². The van der Waals surface area contributed by atoms with Crippen LogP contribution in [0.3, 0.4) is 0 Å². The highest BCUT2D eigenvalue weighted by atomic mass is 16.3. The van der Waals surface area contributed by atoms with E-state index in [2.05, 4.69) is 223 Å². The van der Waals surface area contributed by atoms with E-state index >= 15 is 0 Å². The van der Waals surface area contributed by atoms with Crippen LogP contribution in [0.25, 0.3) is 54.6 Å². The lowest BCUT2D eigenvalue weighted by atomic mass is 9.87. The zero-order chi connectivity index (χ0) is 41.5. The van der Waals surface area contributed by atoms with Crippen LogP contribution in [0.5, 0.6) is 0 Å². The minimum atomic E-state index is 0.0253. The van der Waals surface area contributed by atoms with Gasteiger partial charge >= 0.3 is 0 Å². The molecule has 10 aromatic rings.